The SMILES string of the molecule is C=CC(=O)Nc1cccc(C2N=C(Nc3cc(O)c(N4CCN(C)CC4)c(F)c3)N=C(N)C2=CN)c1. The Hall–Kier alpha value is -4.38. The zero-order valence-corrected chi connectivity index (χ0v) is 19.9. The molecule has 0 aromatic heterocycles. The zero-order chi connectivity index (χ0) is 25.8. The van der Waals surface area contributed by atoms with E-state index in [0.29, 0.717) is 29.9 Å². The molecule has 7 N–H and O–H groups in total. The third-order valence-electron chi connectivity index (χ3n) is 6.02. The van der Waals surface area contributed by atoms with Gasteiger partial charge >= 0.3 is 0 Å². The van der Waals surface area contributed by atoms with Crippen molar-refractivity contribution >= 4 is 34.8 Å². The van der Waals surface area contributed by atoms with Crippen molar-refractivity contribution in [1.29, 1.82) is 0 Å². The first-order valence-corrected chi connectivity index (χ1v) is 11.4. The van der Waals surface area contributed by atoms with E-state index >= 15 is 4.39 Å². The van der Waals surface area contributed by atoms with Gasteiger partial charge in [0.05, 0.1) is 0 Å². The van der Waals surface area contributed by atoms with Gasteiger partial charge in [-0.2, -0.15) is 4.99 Å². The molecule has 0 saturated carbocycles. The number of piperazine rings is 1. The highest BCUT2D eigenvalue weighted by atomic mass is 19.1. The number of anilines is 3. The van der Waals surface area contributed by atoms with E-state index in [0.717, 1.165) is 13.1 Å². The van der Waals surface area contributed by atoms with E-state index in [-0.39, 0.29) is 34.8 Å². The molecular weight excluding hydrogens is 463 g/mol. The summed E-state index contributed by atoms with van der Waals surface area (Å²) in [4.78, 5) is 24.5. The summed E-state index contributed by atoms with van der Waals surface area (Å²) in [6.45, 7) is 6.24. The fraction of sp³-hybridized carbons (Fsp3) is 0.240. The molecule has 2 heterocycles. The van der Waals surface area contributed by atoms with E-state index in [9.17, 15) is 9.90 Å². The molecule has 2 aliphatic rings. The molecule has 0 spiro atoms. The number of hydrogen-bond acceptors (Lipinski definition) is 9. The first-order chi connectivity index (χ1) is 17.3. The van der Waals surface area contributed by atoms with Gasteiger partial charge in [0.2, 0.25) is 11.9 Å². The van der Waals surface area contributed by atoms with E-state index in [1.165, 1.54) is 24.4 Å². The molecule has 10 nitrogen and oxygen atoms in total. The van der Waals surface area contributed by atoms with Crippen LogP contribution in [-0.2, 0) is 4.79 Å². The van der Waals surface area contributed by atoms with Crippen molar-refractivity contribution in [1.82, 2.24) is 4.90 Å². The van der Waals surface area contributed by atoms with Gasteiger partial charge in [0.15, 0.2) is 5.82 Å². The van der Waals surface area contributed by atoms with E-state index in [4.69, 9.17) is 11.5 Å². The number of benzene rings is 2. The number of nitrogens with two attached hydrogens (primary N) is 2. The van der Waals surface area contributed by atoms with Crippen molar-refractivity contribution < 1.29 is 14.3 Å². The molecule has 1 saturated heterocycles. The minimum atomic E-state index is -0.626. The fourth-order valence-corrected chi connectivity index (χ4v) is 4.14. The van der Waals surface area contributed by atoms with Crippen LogP contribution in [0.2, 0.25) is 0 Å². The van der Waals surface area contributed by atoms with Crippen LogP contribution in [0.15, 0.2) is 70.8 Å². The molecular formula is C25H29FN8O2. The molecule has 0 bridgehead atoms. The Morgan fingerprint density at radius 1 is 1.22 bits per heavy atom. The number of nitrogens with zero attached hydrogens (tertiary/aromatic N) is 4. The number of nitrogens with one attached hydrogen (secondary N) is 2. The van der Waals surface area contributed by atoms with Gasteiger partial charge in [-0.3, -0.25) is 4.79 Å². The van der Waals surface area contributed by atoms with Crippen molar-refractivity contribution in [2.75, 3.05) is 48.8 Å². The summed E-state index contributed by atoms with van der Waals surface area (Å²) in [6, 6.07) is 9.14. The molecule has 4 rings (SSSR count). The Morgan fingerprint density at radius 2 is 1.97 bits per heavy atom. The van der Waals surface area contributed by atoms with Gasteiger partial charge in [-0.15, -0.1) is 0 Å². The number of aromatic hydroxyl groups is 1. The number of phenolic OH excluding ortho intramolecular Hbond substituents is 1. The number of amidine groups is 1. The lowest BCUT2D eigenvalue weighted by Crippen LogP contribution is -2.44. The molecule has 11 heteroatoms. The van der Waals surface area contributed by atoms with Crippen LogP contribution in [0, 0.1) is 5.82 Å². The Balaban J connectivity index is 1.61. The van der Waals surface area contributed by atoms with Crippen molar-refractivity contribution in [3.05, 3.63) is 72.2 Å². The highest BCUT2D eigenvalue weighted by Gasteiger charge is 2.26. The Morgan fingerprint density at radius 3 is 2.64 bits per heavy atom. The predicted octanol–water partition coefficient (Wildman–Crippen LogP) is 2.13. The van der Waals surface area contributed by atoms with Crippen LogP contribution >= 0.6 is 0 Å². The second-order valence-corrected chi connectivity index (χ2v) is 8.53. The van der Waals surface area contributed by atoms with Crippen LogP contribution in [0.1, 0.15) is 11.6 Å². The van der Waals surface area contributed by atoms with Crippen molar-refractivity contribution in [2.24, 2.45) is 21.5 Å². The van der Waals surface area contributed by atoms with Crippen LogP contribution in [0.4, 0.5) is 21.5 Å². The number of rotatable bonds is 5. The highest BCUT2D eigenvalue weighted by Crippen LogP contribution is 2.35. The Kier molecular flexibility index (Phi) is 7.20. The summed E-state index contributed by atoms with van der Waals surface area (Å²) in [5.74, 6) is -0.825. The molecule has 188 valence electrons. The molecule has 2 aromatic carbocycles. The summed E-state index contributed by atoms with van der Waals surface area (Å²) < 4.78 is 15.0. The molecule has 1 amide bonds. The van der Waals surface area contributed by atoms with Crippen molar-refractivity contribution in [3.8, 4) is 5.75 Å². The second-order valence-electron chi connectivity index (χ2n) is 8.53. The smallest absolute Gasteiger partial charge is 0.247 e. The van der Waals surface area contributed by atoms with Crippen LogP contribution in [0.5, 0.6) is 5.75 Å². The number of guanidine groups is 1. The summed E-state index contributed by atoms with van der Waals surface area (Å²) >= 11 is 0. The average molecular weight is 493 g/mol. The zero-order valence-electron chi connectivity index (χ0n) is 19.9. The average Bonchev–Trinajstić information content (AvgIpc) is 2.84. The standard InChI is InChI=1S/C25H29FN8O2/c1-3-21(36)29-16-6-4-5-15(11-16)22-18(14-27)24(28)32-25(31-22)30-17-12-19(26)23(20(35)13-17)34-9-7-33(2)8-10-34/h3-6,11-14,22,35H,1,7-10,27H2,2H3,(H,29,36)(H3,28,30,31,32). The molecule has 2 aliphatic heterocycles. The number of likely N-dealkylation sites (N-methyl/N-ethyl adjacent to an activating group) is 1. The van der Waals surface area contributed by atoms with Crippen molar-refractivity contribution in [3.63, 3.8) is 0 Å². The van der Waals surface area contributed by atoms with E-state index < -0.39 is 11.9 Å². The summed E-state index contributed by atoms with van der Waals surface area (Å²) in [5, 5.41) is 16.2. The maximum absolute atomic E-state index is 15.0. The Bertz CT molecular complexity index is 1240. The first kappa shape index (κ1) is 24.7. The third kappa shape index (κ3) is 5.31. The molecule has 0 radical (unpaired) electrons. The third-order valence-corrected chi connectivity index (χ3v) is 6.02. The molecule has 1 unspecified atom stereocenters. The van der Waals surface area contributed by atoms with Crippen LogP contribution in [-0.4, -0.2) is 60.9 Å². The van der Waals surface area contributed by atoms with Gasteiger partial charge in [0, 0.05) is 55.4 Å². The summed E-state index contributed by atoms with van der Waals surface area (Å²) in [6.07, 6.45) is 2.50. The van der Waals surface area contributed by atoms with E-state index in [1.807, 2.05) is 18.0 Å². The predicted molar refractivity (Wildman–Crippen MR) is 141 cm³/mol. The molecule has 2 aromatic rings. The van der Waals surface area contributed by atoms with E-state index in [1.54, 1.807) is 18.2 Å². The lowest BCUT2D eigenvalue weighted by molar-refractivity contribution is -0.111. The molecule has 0 aliphatic carbocycles. The Labute approximate surface area is 208 Å². The van der Waals surface area contributed by atoms with Crippen LogP contribution in [0.3, 0.4) is 0 Å². The highest BCUT2D eigenvalue weighted by molar-refractivity contribution is 6.11. The van der Waals surface area contributed by atoms with Crippen LogP contribution < -0.4 is 27.0 Å². The summed E-state index contributed by atoms with van der Waals surface area (Å²) in [5.41, 5.74) is 14.1. The molecule has 1 atom stereocenters. The van der Waals surface area contributed by atoms with Crippen LogP contribution in [0.25, 0.3) is 0 Å². The van der Waals surface area contributed by atoms with Gasteiger partial charge < -0.3 is 37.0 Å². The maximum atomic E-state index is 15.0. The number of carbonyl (C=O) groups is 1. The van der Waals surface area contributed by atoms with Gasteiger partial charge in [0.25, 0.3) is 0 Å². The summed E-state index contributed by atoms with van der Waals surface area (Å²) in [7, 11) is 2.00. The normalized spacial score (nSPS) is 19.4. The number of carbonyl (C=O) groups excluding carboxylic acids is 1. The number of aliphatic imine (C=N–C) groups is 2. The first-order valence-electron chi connectivity index (χ1n) is 11.4. The van der Waals surface area contributed by atoms with Gasteiger partial charge in [-0.25, -0.2) is 9.38 Å². The largest absolute Gasteiger partial charge is 0.506 e. The van der Waals surface area contributed by atoms with Gasteiger partial charge in [-0.1, -0.05) is 18.7 Å². The lowest BCUT2D eigenvalue weighted by Gasteiger charge is -2.34. The van der Waals surface area contributed by atoms with E-state index in [2.05, 4.69) is 32.1 Å². The fourth-order valence-electron chi connectivity index (χ4n) is 4.14. The quantitative estimate of drug-likeness (QED) is 0.402. The second kappa shape index (κ2) is 10.5. The lowest BCUT2D eigenvalue weighted by atomic mass is 9.97. The maximum Gasteiger partial charge on any atom is 0.247 e. The van der Waals surface area contributed by atoms with Crippen molar-refractivity contribution in [2.45, 2.75) is 6.04 Å². The minimum Gasteiger partial charge on any atom is -0.506 e. The minimum absolute atomic E-state index is 0.120. The number of amides is 1. The van der Waals surface area contributed by atoms with Gasteiger partial charge in [-0.05, 0) is 36.9 Å². The topological polar surface area (TPSA) is 145 Å². The molecule has 36 heavy (non-hydrogen) atoms. The number of halogens is 1. The number of phenols is 1. The number of hydrogen-bond donors (Lipinski definition) is 5. The molecule has 1 fully saturated rings. The monoisotopic (exact) mass is 492 g/mol. The van der Waals surface area contributed by atoms with Gasteiger partial charge in [0.1, 0.15) is 23.3 Å².